The number of ether oxygens (including phenoxy) is 1. The zero-order chi connectivity index (χ0) is 24.7. The van der Waals surface area contributed by atoms with Crippen LogP contribution in [-0.4, -0.2) is 17.5 Å². The Kier molecular flexibility index (Phi) is 9.04. The van der Waals surface area contributed by atoms with Crippen LogP contribution in [0.2, 0.25) is 10.0 Å². The third-order valence-corrected chi connectivity index (χ3v) is 6.21. The summed E-state index contributed by atoms with van der Waals surface area (Å²) in [6.07, 6.45) is -2.06. The molecule has 2 N–H and O–H groups in total. The number of aromatic nitrogens is 1. The Morgan fingerprint density at radius 1 is 1.12 bits per heavy atom. The molecule has 182 valence electrons. The fourth-order valence-electron chi connectivity index (χ4n) is 2.97. The van der Waals surface area contributed by atoms with Crippen molar-refractivity contribution in [3.63, 3.8) is 0 Å². The first-order valence-electron chi connectivity index (χ1n) is 10.5. The molecule has 0 spiro atoms. The fourth-order valence-corrected chi connectivity index (χ4v) is 4.00. The lowest BCUT2D eigenvalue weighted by atomic mass is 10.1. The van der Waals surface area contributed by atoms with Crippen molar-refractivity contribution >= 4 is 51.3 Å². The fraction of sp³-hybridized carbons (Fsp3) is 0.304. The summed E-state index contributed by atoms with van der Waals surface area (Å²) in [7, 11) is 0. The Morgan fingerprint density at radius 3 is 2.62 bits per heavy atom. The quantitative estimate of drug-likeness (QED) is 0.263. The molecule has 0 aliphatic carbocycles. The zero-order valence-corrected chi connectivity index (χ0v) is 20.5. The molecule has 3 aromatic rings. The summed E-state index contributed by atoms with van der Waals surface area (Å²) in [5.41, 5.74) is 0.211. The molecule has 0 aliphatic heterocycles. The highest BCUT2D eigenvalue weighted by molar-refractivity contribution is 7.14. The summed E-state index contributed by atoms with van der Waals surface area (Å²) < 4.78 is 46.0. The highest BCUT2D eigenvalue weighted by Crippen LogP contribution is 2.38. The molecule has 0 radical (unpaired) electrons. The molecular weight excluding hydrogens is 510 g/mol. The molecular formula is C23H22Cl2F3N3O2S. The van der Waals surface area contributed by atoms with Crippen molar-refractivity contribution in [2.45, 2.75) is 38.9 Å². The average molecular weight is 532 g/mol. The molecule has 1 heterocycles. The molecule has 0 aliphatic rings. The number of amides is 1. The molecule has 0 saturated carbocycles. The third kappa shape index (κ3) is 7.25. The Labute approximate surface area is 209 Å². The molecule has 0 fully saturated rings. The van der Waals surface area contributed by atoms with Gasteiger partial charge in [0.05, 0.1) is 22.2 Å². The van der Waals surface area contributed by atoms with Crippen molar-refractivity contribution in [3.05, 3.63) is 68.6 Å². The molecule has 11 heteroatoms. The molecule has 0 bridgehead atoms. The SMILES string of the molecule is CCCCCOc1ccc(Nc2nc(C(=O)NCc3ccc(Cl)c(Cl)c3)cs2)cc1C(F)(F)F. The van der Waals surface area contributed by atoms with Gasteiger partial charge in [0.1, 0.15) is 11.4 Å². The number of carbonyl (C=O) groups is 1. The lowest BCUT2D eigenvalue weighted by molar-refractivity contribution is -0.138. The molecule has 5 nitrogen and oxygen atoms in total. The number of hydrogen-bond donors (Lipinski definition) is 2. The van der Waals surface area contributed by atoms with Crippen LogP contribution in [0.25, 0.3) is 0 Å². The molecule has 1 aromatic heterocycles. The maximum absolute atomic E-state index is 13.5. The minimum Gasteiger partial charge on any atom is -0.493 e. The highest BCUT2D eigenvalue weighted by atomic mass is 35.5. The summed E-state index contributed by atoms with van der Waals surface area (Å²) in [4.78, 5) is 16.6. The van der Waals surface area contributed by atoms with Gasteiger partial charge in [-0.2, -0.15) is 13.2 Å². The number of hydrogen-bond acceptors (Lipinski definition) is 5. The van der Waals surface area contributed by atoms with E-state index in [1.54, 1.807) is 18.2 Å². The minimum absolute atomic E-state index is 0.138. The van der Waals surface area contributed by atoms with E-state index in [1.807, 2.05) is 6.92 Å². The van der Waals surface area contributed by atoms with Crippen molar-refractivity contribution in [3.8, 4) is 5.75 Å². The molecule has 0 saturated heterocycles. The van der Waals surface area contributed by atoms with E-state index in [0.29, 0.717) is 16.5 Å². The number of unbranched alkanes of at least 4 members (excludes halogenated alkanes) is 2. The topological polar surface area (TPSA) is 63.2 Å². The molecule has 2 aromatic carbocycles. The number of nitrogens with one attached hydrogen (secondary N) is 2. The third-order valence-electron chi connectivity index (χ3n) is 4.72. The van der Waals surface area contributed by atoms with E-state index >= 15 is 0 Å². The lowest BCUT2D eigenvalue weighted by Gasteiger charge is -2.15. The van der Waals surface area contributed by atoms with Gasteiger partial charge in [-0.05, 0) is 42.3 Å². The van der Waals surface area contributed by atoms with Crippen LogP contribution in [0, 0.1) is 0 Å². The summed E-state index contributed by atoms with van der Waals surface area (Å²) in [6.45, 7) is 2.44. The molecule has 3 rings (SSSR count). The Morgan fingerprint density at radius 2 is 1.91 bits per heavy atom. The first-order valence-corrected chi connectivity index (χ1v) is 12.1. The summed E-state index contributed by atoms with van der Waals surface area (Å²) >= 11 is 13.0. The van der Waals surface area contributed by atoms with Gasteiger partial charge in [0.2, 0.25) is 0 Å². The van der Waals surface area contributed by atoms with Crippen LogP contribution in [-0.2, 0) is 12.7 Å². The van der Waals surface area contributed by atoms with Crippen LogP contribution in [0.4, 0.5) is 24.0 Å². The highest BCUT2D eigenvalue weighted by Gasteiger charge is 2.34. The van der Waals surface area contributed by atoms with E-state index in [2.05, 4.69) is 15.6 Å². The maximum Gasteiger partial charge on any atom is 0.420 e. The number of carbonyl (C=O) groups excluding carboxylic acids is 1. The largest absolute Gasteiger partial charge is 0.493 e. The van der Waals surface area contributed by atoms with Crippen molar-refractivity contribution < 1.29 is 22.7 Å². The monoisotopic (exact) mass is 531 g/mol. The molecule has 0 atom stereocenters. The maximum atomic E-state index is 13.5. The van der Waals surface area contributed by atoms with Crippen molar-refractivity contribution in [1.82, 2.24) is 10.3 Å². The predicted octanol–water partition coefficient (Wildman–Crippen LogP) is 7.71. The molecule has 34 heavy (non-hydrogen) atoms. The number of alkyl halides is 3. The Bertz CT molecular complexity index is 1140. The summed E-state index contributed by atoms with van der Waals surface area (Å²) in [5.74, 6) is -0.641. The Hall–Kier alpha value is -2.49. The second-order valence-electron chi connectivity index (χ2n) is 7.36. The second-order valence-corrected chi connectivity index (χ2v) is 9.03. The number of thiazole rings is 1. The minimum atomic E-state index is -4.57. The lowest BCUT2D eigenvalue weighted by Crippen LogP contribution is -2.23. The summed E-state index contributed by atoms with van der Waals surface area (Å²) in [5, 5.41) is 8.13. The van der Waals surface area contributed by atoms with Crippen molar-refractivity contribution in [2.75, 3.05) is 11.9 Å². The molecule has 0 unspecified atom stereocenters. The van der Waals surface area contributed by atoms with E-state index < -0.39 is 17.6 Å². The number of nitrogens with zero attached hydrogens (tertiary/aromatic N) is 1. The van der Waals surface area contributed by atoms with Gasteiger partial charge in [0.15, 0.2) is 5.13 Å². The number of rotatable bonds is 10. The van der Waals surface area contributed by atoms with Crippen molar-refractivity contribution in [2.24, 2.45) is 0 Å². The van der Waals surface area contributed by atoms with Crippen LogP contribution >= 0.6 is 34.5 Å². The normalized spacial score (nSPS) is 11.4. The standard InChI is InChI=1S/C23H22Cl2F3N3O2S/c1-2-3-4-9-33-20-8-6-15(11-16(20)23(26,27)28)30-22-31-19(13-34-22)21(32)29-12-14-5-7-17(24)18(25)10-14/h5-8,10-11,13H,2-4,9,12H2,1H3,(H,29,32)(H,30,31). The predicted molar refractivity (Wildman–Crippen MR) is 129 cm³/mol. The van der Waals surface area contributed by atoms with Crippen molar-refractivity contribution in [1.29, 1.82) is 0 Å². The van der Waals surface area contributed by atoms with Crippen LogP contribution < -0.4 is 15.4 Å². The second kappa shape index (κ2) is 11.8. The number of halogens is 5. The van der Waals surface area contributed by atoms with Crippen LogP contribution in [0.5, 0.6) is 5.75 Å². The van der Waals surface area contributed by atoms with Crippen LogP contribution in [0.1, 0.15) is 47.8 Å². The van der Waals surface area contributed by atoms with E-state index in [0.717, 1.165) is 35.8 Å². The zero-order valence-electron chi connectivity index (χ0n) is 18.1. The van der Waals surface area contributed by atoms with E-state index in [4.69, 9.17) is 27.9 Å². The Balaban J connectivity index is 1.65. The van der Waals surface area contributed by atoms with Gasteiger partial charge >= 0.3 is 6.18 Å². The number of benzene rings is 2. The van der Waals surface area contributed by atoms with Gasteiger partial charge < -0.3 is 15.4 Å². The number of anilines is 2. The van der Waals surface area contributed by atoms with Gasteiger partial charge in [-0.1, -0.05) is 49.0 Å². The average Bonchev–Trinajstić information content (AvgIpc) is 3.26. The van der Waals surface area contributed by atoms with Gasteiger partial charge in [-0.25, -0.2) is 4.98 Å². The van der Waals surface area contributed by atoms with Crippen LogP contribution in [0.3, 0.4) is 0 Å². The van der Waals surface area contributed by atoms with Gasteiger partial charge in [0, 0.05) is 17.6 Å². The van der Waals surface area contributed by atoms with Gasteiger partial charge in [-0.3, -0.25) is 4.79 Å². The first-order chi connectivity index (χ1) is 16.2. The van der Waals surface area contributed by atoms with E-state index in [9.17, 15) is 18.0 Å². The van der Waals surface area contributed by atoms with Gasteiger partial charge in [-0.15, -0.1) is 11.3 Å². The van der Waals surface area contributed by atoms with E-state index in [1.165, 1.54) is 17.5 Å². The summed E-state index contributed by atoms with van der Waals surface area (Å²) in [6, 6.07) is 8.75. The van der Waals surface area contributed by atoms with E-state index in [-0.39, 0.29) is 35.4 Å². The first kappa shape index (κ1) is 26.1. The molecule has 1 amide bonds. The van der Waals surface area contributed by atoms with Gasteiger partial charge in [0.25, 0.3) is 5.91 Å². The smallest absolute Gasteiger partial charge is 0.420 e. The van der Waals surface area contributed by atoms with Crippen LogP contribution in [0.15, 0.2) is 41.8 Å².